The molecule has 0 aliphatic rings. The van der Waals surface area contributed by atoms with Crippen LogP contribution in [0.25, 0.3) is 0 Å². The summed E-state index contributed by atoms with van der Waals surface area (Å²) in [5, 5.41) is 11.0. The molecule has 3 rings (SSSR count). The van der Waals surface area contributed by atoms with Crippen molar-refractivity contribution in [3.05, 3.63) is 101 Å². The van der Waals surface area contributed by atoms with Gasteiger partial charge in [-0.25, -0.2) is 0 Å². The zero-order valence-electron chi connectivity index (χ0n) is 19.9. The molecule has 1 N–H and O–H groups in total. The second kappa shape index (κ2) is 9.73. The zero-order valence-corrected chi connectivity index (χ0v) is 19.9. The van der Waals surface area contributed by atoms with Gasteiger partial charge in [0.2, 0.25) is 0 Å². The van der Waals surface area contributed by atoms with E-state index in [2.05, 4.69) is 101 Å². The molecule has 0 aliphatic carbocycles. The Kier molecular flexibility index (Phi) is 7.26. The molecule has 0 aliphatic heterocycles. The Morgan fingerprint density at radius 1 is 0.645 bits per heavy atom. The second-order valence-electron chi connectivity index (χ2n) is 9.78. The molecule has 31 heavy (non-hydrogen) atoms. The maximum absolute atomic E-state index is 11.0. The van der Waals surface area contributed by atoms with Crippen LogP contribution < -0.4 is 0 Å². The van der Waals surface area contributed by atoms with Gasteiger partial charge < -0.3 is 5.11 Å². The van der Waals surface area contributed by atoms with Crippen LogP contribution >= 0.6 is 0 Å². The lowest BCUT2D eigenvalue weighted by molar-refractivity contribution is 0.458. The first kappa shape index (κ1) is 23.1. The summed E-state index contributed by atoms with van der Waals surface area (Å²) in [7, 11) is 0. The molecular formula is C30H38O. The molecule has 3 aromatic rings. The summed E-state index contributed by atoms with van der Waals surface area (Å²) < 4.78 is 0. The third-order valence-corrected chi connectivity index (χ3v) is 6.86. The van der Waals surface area contributed by atoms with Gasteiger partial charge in [0.25, 0.3) is 0 Å². The molecule has 1 nitrogen and oxygen atoms in total. The van der Waals surface area contributed by atoms with Crippen LogP contribution in [0.5, 0.6) is 5.75 Å². The fraction of sp³-hybridized carbons (Fsp3) is 0.400. The van der Waals surface area contributed by atoms with Crippen molar-refractivity contribution >= 4 is 0 Å². The third kappa shape index (κ3) is 4.87. The molecule has 0 unspecified atom stereocenters. The van der Waals surface area contributed by atoms with Crippen LogP contribution in [0.1, 0.15) is 88.1 Å². The number of hydrogen-bond donors (Lipinski definition) is 1. The van der Waals surface area contributed by atoms with E-state index in [1.54, 1.807) is 0 Å². The molecule has 0 atom stereocenters. The van der Waals surface area contributed by atoms with Gasteiger partial charge in [-0.2, -0.15) is 0 Å². The second-order valence-corrected chi connectivity index (χ2v) is 9.78. The Morgan fingerprint density at radius 3 is 1.74 bits per heavy atom. The Morgan fingerprint density at radius 2 is 1.19 bits per heavy atom. The summed E-state index contributed by atoms with van der Waals surface area (Å²) in [5.74, 6) is 0.433. The van der Waals surface area contributed by atoms with Crippen molar-refractivity contribution in [1.82, 2.24) is 0 Å². The maximum atomic E-state index is 11.0. The first-order valence-electron chi connectivity index (χ1n) is 11.8. The van der Waals surface area contributed by atoms with Crippen molar-refractivity contribution in [2.45, 2.75) is 77.6 Å². The summed E-state index contributed by atoms with van der Waals surface area (Å²) in [6.07, 6.45) is 5.68. The van der Waals surface area contributed by atoms with Crippen LogP contribution in [0.3, 0.4) is 0 Å². The number of benzene rings is 3. The number of hydrogen-bond acceptors (Lipinski definition) is 1. The minimum atomic E-state index is -0.221. The molecule has 0 saturated heterocycles. The normalized spacial score (nSPS) is 12.2. The summed E-state index contributed by atoms with van der Waals surface area (Å²) >= 11 is 0. The highest BCUT2D eigenvalue weighted by atomic mass is 16.3. The van der Waals surface area contributed by atoms with E-state index in [1.807, 2.05) is 6.07 Å². The molecule has 0 radical (unpaired) electrons. The van der Waals surface area contributed by atoms with E-state index in [9.17, 15) is 5.11 Å². The molecule has 3 aromatic carbocycles. The van der Waals surface area contributed by atoms with Crippen LogP contribution in [-0.4, -0.2) is 5.11 Å². The minimum absolute atomic E-state index is 0.172. The Bertz CT molecular complexity index is 968. The predicted octanol–water partition coefficient (Wildman–Crippen LogP) is 8.17. The molecule has 0 aromatic heterocycles. The lowest BCUT2D eigenvalue weighted by atomic mass is 9.66. The summed E-state index contributed by atoms with van der Waals surface area (Å²) in [5.41, 5.74) is 5.88. The smallest absolute Gasteiger partial charge is 0.119 e. The van der Waals surface area contributed by atoms with E-state index >= 15 is 0 Å². The first-order chi connectivity index (χ1) is 14.8. The molecule has 0 fully saturated rings. The number of unbranched alkanes of at least 4 members (excludes halogenated alkanes) is 3. The van der Waals surface area contributed by atoms with Gasteiger partial charge in [0.1, 0.15) is 5.75 Å². The number of aromatic hydroxyl groups is 1. The molecular weight excluding hydrogens is 376 g/mol. The van der Waals surface area contributed by atoms with Crippen molar-refractivity contribution < 1.29 is 5.11 Å². The largest absolute Gasteiger partial charge is 0.508 e. The average molecular weight is 415 g/mol. The highest BCUT2D eigenvalue weighted by molar-refractivity contribution is 5.56. The lowest BCUT2D eigenvalue weighted by Crippen LogP contribution is -2.29. The van der Waals surface area contributed by atoms with E-state index in [-0.39, 0.29) is 10.8 Å². The SMILES string of the molecule is CCCCCCc1c(O)ccc(C(C)(C)c2ccccc2)c1C(C)(C)c1ccccc1. The average Bonchev–Trinajstić information content (AvgIpc) is 2.78. The molecule has 0 heterocycles. The lowest BCUT2D eigenvalue weighted by Gasteiger charge is -2.37. The summed E-state index contributed by atoms with van der Waals surface area (Å²) in [4.78, 5) is 0. The van der Waals surface area contributed by atoms with Gasteiger partial charge in [-0.3, -0.25) is 0 Å². The third-order valence-electron chi connectivity index (χ3n) is 6.86. The fourth-order valence-electron chi connectivity index (χ4n) is 4.86. The van der Waals surface area contributed by atoms with E-state index < -0.39 is 0 Å². The van der Waals surface area contributed by atoms with Crippen molar-refractivity contribution in [3.63, 3.8) is 0 Å². The summed E-state index contributed by atoms with van der Waals surface area (Å²) in [6, 6.07) is 25.5. The van der Waals surface area contributed by atoms with Gasteiger partial charge in [-0.05, 0) is 46.7 Å². The van der Waals surface area contributed by atoms with E-state index in [4.69, 9.17) is 0 Å². The van der Waals surface area contributed by atoms with Crippen LogP contribution in [0.2, 0.25) is 0 Å². The standard InChI is InChI=1S/C30H38O/c1-6-7-8-15-20-25-27(31)22-21-26(29(2,3)23-16-11-9-12-17-23)28(25)30(4,5)24-18-13-10-14-19-24/h9-14,16-19,21-22,31H,6-8,15,20H2,1-5H3. The topological polar surface area (TPSA) is 20.2 Å². The Balaban J connectivity index is 2.21. The van der Waals surface area contributed by atoms with Crippen LogP contribution in [-0.2, 0) is 17.3 Å². The van der Waals surface area contributed by atoms with Crippen molar-refractivity contribution in [1.29, 1.82) is 0 Å². The van der Waals surface area contributed by atoms with Gasteiger partial charge >= 0.3 is 0 Å². The molecule has 1 heteroatoms. The molecule has 0 spiro atoms. The van der Waals surface area contributed by atoms with Crippen molar-refractivity contribution in [2.24, 2.45) is 0 Å². The monoisotopic (exact) mass is 414 g/mol. The van der Waals surface area contributed by atoms with Gasteiger partial charge in [0.05, 0.1) is 0 Å². The quantitative estimate of drug-likeness (QED) is 0.350. The molecule has 0 bridgehead atoms. The summed E-state index contributed by atoms with van der Waals surface area (Å²) in [6.45, 7) is 11.5. The van der Waals surface area contributed by atoms with Crippen molar-refractivity contribution in [2.75, 3.05) is 0 Å². The number of rotatable bonds is 9. The van der Waals surface area contributed by atoms with E-state index in [0.717, 1.165) is 18.4 Å². The molecule has 164 valence electrons. The van der Waals surface area contributed by atoms with Crippen LogP contribution in [0, 0.1) is 0 Å². The number of phenols is 1. The molecule has 0 saturated carbocycles. The van der Waals surface area contributed by atoms with Gasteiger partial charge in [0.15, 0.2) is 0 Å². The van der Waals surface area contributed by atoms with Gasteiger partial charge in [-0.15, -0.1) is 0 Å². The predicted molar refractivity (Wildman–Crippen MR) is 133 cm³/mol. The number of phenolic OH excluding ortho intramolecular Hbond substituents is 1. The Hall–Kier alpha value is -2.54. The van der Waals surface area contributed by atoms with Gasteiger partial charge in [-0.1, -0.05) is 121 Å². The fourth-order valence-corrected chi connectivity index (χ4v) is 4.86. The Labute approximate surface area is 189 Å². The molecule has 0 amide bonds. The van der Waals surface area contributed by atoms with E-state index in [1.165, 1.54) is 41.5 Å². The van der Waals surface area contributed by atoms with Crippen molar-refractivity contribution in [3.8, 4) is 5.75 Å². The van der Waals surface area contributed by atoms with Crippen LogP contribution in [0.4, 0.5) is 0 Å². The van der Waals surface area contributed by atoms with Crippen LogP contribution in [0.15, 0.2) is 72.8 Å². The minimum Gasteiger partial charge on any atom is -0.508 e. The first-order valence-corrected chi connectivity index (χ1v) is 11.8. The highest BCUT2D eigenvalue weighted by Gasteiger charge is 2.35. The highest BCUT2D eigenvalue weighted by Crippen LogP contribution is 2.45. The maximum Gasteiger partial charge on any atom is 0.119 e. The zero-order chi connectivity index (χ0) is 22.5. The van der Waals surface area contributed by atoms with E-state index in [0.29, 0.717) is 5.75 Å². The van der Waals surface area contributed by atoms with Gasteiger partial charge in [0, 0.05) is 10.8 Å².